The van der Waals surface area contributed by atoms with Gasteiger partial charge in [-0.15, -0.1) is 0 Å². The van der Waals surface area contributed by atoms with E-state index in [2.05, 4.69) is 220 Å². The molecule has 111 heavy (non-hydrogen) atoms. The second-order valence-electron chi connectivity index (χ2n) is 23.1. The summed E-state index contributed by atoms with van der Waals surface area (Å²) in [6, 6.07) is 0. The molecular formula is C63H126N48. The molecule has 0 unspecified atom stereocenters. The molecule has 0 amide bonds. The summed E-state index contributed by atoms with van der Waals surface area (Å²) in [4.78, 5) is 103. The summed E-state index contributed by atoms with van der Waals surface area (Å²) < 4.78 is 0. The molecule has 8 heterocycles. The molecule has 8 aromatic heterocycles. The third kappa shape index (κ3) is 41.8. The van der Waals surface area contributed by atoms with E-state index in [-0.39, 0.29) is 53.5 Å². The van der Waals surface area contributed by atoms with Crippen molar-refractivity contribution >= 4 is 143 Å². The van der Waals surface area contributed by atoms with Gasteiger partial charge in [0.1, 0.15) is 0 Å². The van der Waals surface area contributed by atoms with E-state index in [4.69, 9.17) is 51.6 Å². The molecule has 618 valence electrons. The Labute approximate surface area is 652 Å². The highest BCUT2D eigenvalue weighted by Gasteiger charge is 2.12. The number of nitrogen functional groups attached to an aromatic ring is 9. The fourth-order valence-corrected chi connectivity index (χ4v) is 8.01. The molecule has 8 rings (SSSR count). The van der Waals surface area contributed by atoms with Gasteiger partial charge in [0.15, 0.2) is 0 Å². The first-order chi connectivity index (χ1) is 53.2. The SMILES string of the molecule is CCCCCN(C)c1nc(N)nc(N)n1.CCCCCNc1nc(N)nc(NC)n1.CCCCN(C)c1nc(N)nc(NC)n1.CCCCNc1nc(N)nc(NC)n1.CCCN(C)c1nc(N)nc(NC)n1.CCCNc1nc(N)nc(NC)n1.CCN(C)c1nc(N)nc(NC)n1.CCNc1nc(N)nc(NC)n1. The maximum Gasteiger partial charge on any atom is 0.231 e. The highest BCUT2D eigenvalue weighted by atomic mass is 15.3. The Bertz CT molecular complexity index is 3760. The molecule has 8 aromatic rings. The van der Waals surface area contributed by atoms with Crippen LogP contribution in [0.1, 0.15) is 132 Å². The number of anilines is 24. The maximum atomic E-state index is 5.57. The van der Waals surface area contributed by atoms with Crippen molar-refractivity contribution in [2.45, 2.75) is 132 Å². The van der Waals surface area contributed by atoms with Crippen LogP contribution in [0.5, 0.6) is 0 Å². The second-order valence-corrected chi connectivity index (χ2v) is 23.1. The number of hydrogen-bond acceptors (Lipinski definition) is 48. The fraction of sp³-hybridized carbons (Fsp3) is 0.619. The van der Waals surface area contributed by atoms with Crippen LogP contribution >= 0.6 is 0 Å². The molecule has 0 spiro atoms. The zero-order valence-corrected chi connectivity index (χ0v) is 68.4. The van der Waals surface area contributed by atoms with Crippen molar-refractivity contribution < 1.29 is 0 Å². The number of nitrogens with zero attached hydrogens (tertiary/aromatic N) is 28. The minimum absolute atomic E-state index is 0.167. The predicted octanol–water partition coefficient (Wildman–Crippen LogP) is 3.74. The quantitative estimate of drug-likeness (QED) is 0.0252. The van der Waals surface area contributed by atoms with E-state index in [1.54, 1.807) is 49.3 Å². The summed E-state index contributed by atoms with van der Waals surface area (Å²) in [5, 5.41) is 31.9. The highest BCUT2D eigenvalue weighted by Crippen LogP contribution is 2.16. The Hall–Kier alpha value is -12.7. The number of rotatable bonds is 35. The van der Waals surface area contributed by atoms with Gasteiger partial charge in [0.2, 0.25) is 143 Å². The number of nitrogens with two attached hydrogens (primary N) is 9. The Morgan fingerprint density at radius 1 is 0.216 bits per heavy atom. The lowest BCUT2D eigenvalue weighted by Gasteiger charge is -2.16. The van der Waals surface area contributed by atoms with Crippen LogP contribution < -0.4 is 130 Å². The van der Waals surface area contributed by atoms with Crippen molar-refractivity contribution in [3.05, 3.63) is 0 Å². The van der Waals surface area contributed by atoms with E-state index < -0.39 is 0 Å². The van der Waals surface area contributed by atoms with Crippen LogP contribution in [0.25, 0.3) is 0 Å². The lowest BCUT2D eigenvalue weighted by Crippen LogP contribution is -2.22. The van der Waals surface area contributed by atoms with Crippen LogP contribution in [0.15, 0.2) is 0 Å². The third-order valence-corrected chi connectivity index (χ3v) is 13.8. The fourth-order valence-electron chi connectivity index (χ4n) is 8.01. The molecule has 48 heteroatoms. The number of hydrogen-bond donors (Lipinski definition) is 20. The maximum absolute atomic E-state index is 5.57. The normalized spacial score (nSPS) is 9.90. The van der Waals surface area contributed by atoms with Gasteiger partial charge in [0, 0.05) is 130 Å². The molecule has 0 atom stereocenters. The van der Waals surface area contributed by atoms with Crippen molar-refractivity contribution in [2.75, 3.05) is 260 Å². The van der Waals surface area contributed by atoms with E-state index in [1.165, 1.54) is 25.7 Å². The lowest BCUT2D eigenvalue weighted by molar-refractivity contribution is 0.696. The minimum atomic E-state index is 0.167. The molecule has 29 N–H and O–H groups in total. The standard InChI is InChI=1S/3C9H18N6.2C8H16N6.2C7H14N6.C6H12N6/c1-4-5-6-15(3)9-13-7(10)12-8(11-2)14-9;1-3-4-5-6-15(2)9-13-7(10)12-8(11)14-9;1-3-4-5-6-12-9-14-7(10)13-8(11-2)15-9;1-4-5-14(3)8-12-6(9)11-7(10-2)13-8;1-3-4-5-11-8-13-6(9)12-7(10-2)14-8;1-4-13(3)7-11-5(8)10-6(9-2)12-7;1-3-4-10-7-12-5(8)11-6(9-2)13-7;1-3-9-6-11-4(7)10-5(8-2)12-6/h4-6H2,1-3H3,(H3,10,11,12,13,14);3-6H2,1-2H3,(H4,10,11,12,13,14);3-6H2,1-2H3,(H4,10,11,12,13,14,15);4-5H2,1-3H3,(H3,9,10,11,12,13);3-5H2,1-2H3,(H4,9,10,11,12,13,14);4H2,1-3H3,(H3,8,9,10,11,12);3-4H2,1-2H3,(H4,8,9,10,11,12,13);3H2,1-2H3,(H4,7,8,9,10,11,12). The van der Waals surface area contributed by atoms with Crippen molar-refractivity contribution in [3.63, 3.8) is 0 Å². The monoisotopic (exact) mass is 1560 g/mol. The van der Waals surface area contributed by atoms with Crippen molar-refractivity contribution in [3.8, 4) is 0 Å². The van der Waals surface area contributed by atoms with Gasteiger partial charge in [-0.2, -0.15) is 120 Å². The zero-order chi connectivity index (χ0) is 83.1. The van der Waals surface area contributed by atoms with Gasteiger partial charge in [-0.25, -0.2) is 0 Å². The van der Waals surface area contributed by atoms with Crippen LogP contribution in [0.4, 0.5) is 143 Å². The van der Waals surface area contributed by atoms with Crippen molar-refractivity contribution in [2.24, 2.45) is 0 Å². The largest absolute Gasteiger partial charge is 0.368 e. The Morgan fingerprint density at radius 3 is 0.775 bits per heavy atom. The molecule has 48 nitrogen and oxygen atoms in total. The summed E-state index contributed by atoms with van der Waals surface area (Å²) in [7, 11) is 19.9. The van der Waals surface area contributed by atoms with Gasteiger partial charge in [-0.3, -0.25) is 0 Å². The lowest BCUT2D eigenvalue weighted by atomic mass is 10.2. The summed E-state index contributed by atoms with van der Waals surface area (Å²) in [6.45, 7) is 23.6. The molecular weight excluding hydrogens is 1430 g/mol. The predicted molar refractivity (Wildman–Crippen MR) is 453 cm³/mol. The summed E-state index contributed by atoms with van der Waals surface area (Å²) >= 11 is 0. The Balaban J connectivity index is 0.000000635. The van der Waals surface area contributed by atoms with Crippen LogP contribution in [-0.2, 0) is 0 Å². The molecule has 0 fully saturated rings. The van der Waals surface area contributed by atoms with E-state index in [9.17, 15) is 0 Å². The average Bonchev–Trinajstić information content (AvgIpc) is 0.889. The topological polar surface area (TPSA) is 689 Å². The van der Waals surface area contributed by atoms with Crippen molar-refractivity contribution in [1.82, 2.24) is 120 Å². The summed E-state index contributed by atoms with van der Waals surface area (Å²) in [5.41, 5.74) is 49.5. The molecule has 0 aliphatic carbocycles. The van der Waals surface area contributed by atoms with Gasteiger partial charge < -0.3 is 130 Å². The molecule has 0 radical (unpaired) electrons. The van der Waals surface area contributed by atoms with Gasteiger partial charge in [0.05, 0.1) is 0 Å². The van der Waals surface area contributed by atoms with Crippen LogP contribution in [-0.4, -0.2) is 249 Å². The molecule has 0 aliphatic rings. The van der Waals surface area contributed by atoms with E-state index in [0.29, 0.717) is 89.2 Å². The smallest absolute Gasteiger partial charge is 0.231 e. The number of nitrogens with one attached hydrogen (secondary N) is 11. The van der Waals surface area contributed by atoms with E-state index in [0.717, 1.165) is 104 Å². The van der Waals surface area contributed by atoms with Gasteiger partial charge in [0.25, 0.3) is 0 Å². The number of aromatic nitrogens is 24. The summed E-state index contributed by atoms with van der Waals surface area (Å²) in [5.74, 6) is 9.73. The molecule has 0 saturated heterocycles. The zero-order valence-electron chi connectivity index (χ0n) is 68.4. The molecule has 0 bridgehead atoms. The third-order valence-electron chi connectivity index (χ3n) is 13.8. The van der Waals surface area contributed by atoms with Crippen LogP contribution in [0.2, 0.25) is 0 Å². The number of unbranched alkanes of at least 4 members (excludes halogenated alkanes) is 6. The van der Waals surface area contributed by atoms with Crippen molar-refractivity contribution in [1.29, 1.82) is 0 Å². The summed E-state index contributed by atoms with van der Waals surface area (Å²) in [6.07, 6.45) is 13.5. The van der Waals surface area contributed by atoms with Crippen LogP contribution in [0, 0.1) is 0 Å². The highest BCUT2D eigenvalue weighted by molar-refractivity contribution is 5.46. The Morgan fingerprint density at radius 2 is 0.468 bits per heavy atom. The first kappa shape index (κ1) is 96.3. The first-order valence-corrected chi connectivity index (χ1v) is 36.6. The second kappa shape index (κ2) is 56.5. The molecule has 0 saturated carbocycles. The van der Waals surface area contributed by atoms with E-state index in [1.807, 2.05) is 61.6 Å². The van der Waals surface area contributed by atoms with Gasteiger partial charge >= 0.3 is 0 Å². The minimum Gasteiger partial charge on any atom is -0.368 e. The van der Waals surface area contributed by atoms with E-state index >= 15 is 0 Å². The van der Waals surface area contributed by atoms with Gasteiger partial charge in [-0.05, 0) is 52.4 Å². The Kier molecular flexibility index (Phi) is 49.1. The van der Waals surface area contributed by atoms with Crippen LogP contribution in [0.3, 0.4) is 0 Å². The van der Waals surface area contributed by atoms with Gasteiger partial charge in [-0.1, -0.05) is 80.1 Å². The molecule has 0 aliphatic heterocycles. The first-order valence-electron chi connectivity index (χ1n) is 36.6. The average molecular weight is 1560 g/mol. The molecule has 0 aromatic carbocycles.